The number of carbonyl (C=O) groups excluding carboxylic acids is 2. The van der Waals surface area contributed by atoms with E-state index < -0.39 is 5.60 Å². The molecular weight excluding hydrogens is 308 g/mol. The standard InChI is InChI=1S/C18H20N2O4/c21-16(11-18(23)7-1-2-8-18)19-14-4-3-5-15(10-14)20-17(22)13-6-9-24-12-13/h3-6,9-10,12,23H,1-2,7-8,11H2,(H,19,21)(H,20,22). The summed E-state index contributed by atoms with van der Waals surface area (Å²) in [5.74, 6) is -0.509. The van der Waals surface area contributed by atoms with E-state index in [1.807, 2.05) is 0 Å². The van der Waals surface area contributed by atoms with Gasteiger partial charge in [-0.3, -0.25) is 9.59 Å². The number of rotatable bonds is 5. The van der Waals surface area contributed by atoms with Crippen LogP contribution in [-0.2, 0) is 4.79 Å². The molecule has 2 amide bonds. The van der Waals surface area contributed by atoms with Crippen molar-refractivity contribution in [3.05, 3.63) is 48.4 Å². The molecule has 6 heteroatoms. The first-order valence-electron chi connectivity index (χ1n) is 8.00. The van der Waals surface area contributed by atoms with Crippen molar-refractivity contribution in [3.63, 3.8) is 0 Å². The minimum absolute atomic E-state index is 0.0958. The highest BCUT2D eigenvalue weighted by Gasteiger charge is 2.33. The van der Waals surface area contributed by atoms with Gasteiger partial charge in [0.2, 0.25) is 5.91 Å². The Labute approximate surface area is 139 Å². The van der Waals surface area contributed by atoms with Gasteiger partial charge in [-0.15, -0.1) is 0 Å². The van der Waals surface area contributed by atoms with Crippen molar-refractivity contribution in [2.45, 2.75) is 37.7 Å². The van der Waals surface area contributed by atoms with Gasteiger partial charge < -0.3 is 20.2 Å². The molecule has 6 nitrogen and oxygen atoms in total. The van der Waals surface area contributed by atoms with Crippen LogP contribution in [0.4, 0.5) is 11.4 Å². The minimum Gasteiger partial charge on any atom is -0.472 e. The molecule has 1 aromatic carbocycles. The summed E-state index contributed by atoms with van der Waals surface area (Å²) in [6, 6.07) is 8.46. The fourth-order valence-corrected chi connectivity index (χ4v) is 2.99. The molecule has 0 bridgehead atoms. The van der Waals surface area contributed by atoms with Gasteiger partial charge in [-0.05, 0) is 37.1 Å². The van der Waals surface area contributed by atoms with Crippen LogP contribution in [0.1, 0.15) is 42.5 Å². The first-order valence-corrected chi connectivity index (χ1v) is 8.00. The van der Waals surface area contributed by atoms with Crippen LogP contribution >= 0.6 is 0 Å². The third kappa shape index (κ3) is 4.02. The van der Waals surface area contributed by atoms with Gasteiger partial charge in [0.25, 0.3) is 5.91 Å². The Bertz CT molecular complexity index is 718. The Kier molecular flexibility index (Phi) is 4.66. The number of hydrogen-bond acceptors (Lipinski definition) is 4. The van der Waals surface area contributed by atoms with Crippen molar-refractivity contribution in [1.82, 2.24) is 0 Å². The summed E-state index contributed by atoms with van der Waals surface area (Å²) in [5.41, 5.74) is 0.690. The van der Waals surface area contributed by atoms with E-state index in [-0.39, 0.29) is 18.2 Å². The highest BCUT2D eigenvalue weighted by molar-refractivity contribution is 6.04. The van der Waals surface area contributed by atoms with Gasteiger partial charge in [-0.25, -0.2) is 0 Å². The molecule has 0 spiro atoms. The highest BCUT2D eigenvalue weighted by atomic mass is 16.3. The topological polar surface area (TPSA) is 91.6 Å². The van der Waals surface area contributed by atoms with Gasteiger partial charge in [-0.2, -0.15) is 0 Å². The summed E-state index contributed by atoms with van der Waals surface area (Å²) < 4.78 is 4.88. The van der Waals surface area contributed by atoms with Crippen molar-refractivity contribution in [3.8, 4) is 0 Å². The van der Waals surface area contributed by atoms with Crippen LogP contribution in [0.5, 0.6) is 0 Å². The van der Waals surface area contributed by atoms with E-state index in [9.17, 15) is 14.7 Å². The van der Waals surface area contributed by atoms with Crippen LogP contribution in [0.2, 0.25) is 0 Å². The highest BCUT2D eigenvalue weighted by Crippen LogP contribution is 2.32. The monoisotopic (exact) mass is 328 g/mol. The molecule has 1 aliphatic rings. The van der Waals surface area contributed by atoms with Gasteiger partial charge >= 0.3 is 0 Å². The zero-order valence-corrected chi connectivity index (χ0v) is 13.2. The maximum atomic E-state index is 12.1. The molecule has 24 heavy (non-hydrogen) atoms. The Morgan fingerprint density at radius 2 is 1.83 bits per heavy atom. The number of nitrogens with one attached hydrogen (secondary N) is 2. The predicted molar refractivity (Wildman–Crippen MR) is 89.8 cm³/mol. The quantitative estimate of drug-likeness (QED) is 0.786. The zero-order valence-electron chi connectivity index (χ0n) is 13.2. The lowest BCUT2D eigenvalue weighted by molar-refractivity contribution is -0.120. The molecule has 0 atom stereocenters. The van der Waals surface area contributed by atoms with Gasteiger partial charge in [0.15, 0.2) is 0 Å². The number of anilines is 2. The van der Waals surface area contributed by atoms with E-state index in [0.717, 1.165) is 12.8 Å². The molecule has 0 saturated heterocycles. The summed E-state index contributed by atoms with van der Waals surface area (Å²) in [6.07, 6.45) is 6.14. The van der Waals surface area contributed by atoms with Crippen molar-refractivity contribution in [2.24, 2.45) is 0 Å². The molecule has 0 radical (unpaired) electrons. The summed E-state index contributed by atoms with van der Waals surface area (Å²) in [6.45, 7) is 0. The number of furan rings is 1. The van der Waals surface area contributed by atoms with Gasteiger partial charge in [0, 0.05) is 11.4 Å². The van der Waals surface area contributed by atoms with E-state index in [1.165, 1.54) is 12.5 Å². The lowest BCUT2D eigenvalue weighted by Gasteiger charge is -2.21. The average molecular weight is 328 g/mol. The zero-order chi connectivity index (χ0) is 17.0. The van der Waals surface area contributed by atoms with Gasteiger partial charge in [-0.1, -0.05) is 18.9 Å². The fourth-order valence-electron chi connectivity index (χ4n) is 2.99. The summed E-state index contributed by atoms with van der Waals surface area (Å²) >= 11 is 0. The molecular formula is C18H20N2O4. The summed E-state index contributed by atoms with van der Waals surface area (Å²) in [5, 5.41) is 15.8. The van der Waals surface area contributed by atoms with Crippen molar-refractivity contribution in [1.29, 1.82) is 0 Å². The predicted octanol–water partition coefficient (Wildman–Crippen LogP) is 3.17. The largest absolute Gasteiger partial charge is 0.472 e. The lowest BCUT2D eigenvalue weighted by Crippen LogP contribution is -2.30. The molecule has 1 aromatic heterocycles. The molecule has 1 aliphatic carbocycles. The number of amides is 2. The molecule has 2 aromatic rings. The van der Waals surface area contributed by atoms with Gasteiger partial charge in [0.1, 0.15) is 6.26 Å². The minimum atomic E-state index is -0.878. The second-order valence-corrected chi connectivity index (χ2v) is 6.20. The third-order valence-corrected chi connectivity index (χ3v) is 4.21. The molecule has 1 saturated carbocycles. The number of hydrogen-bond donors (Lipinski definition) is 3. The number of benzene rings is 1. The molecule has 0 aliphatic heterocycles. The van der Waals surface area contributed by atoms with E-state index in [0.29, 0.717) is 29.8 Å². The number of aliphatic hydroxyl groups is 1. The molecule has 3 rings (SSSR count). The maximum Gasteiger partial charge on any atom is 0.258 e. The van der Waals surface area contributed by atoms with E-state index in [2.05, 4.69) is 10.6 Å². The Morgan fingerprint density at radius 3 is 2.50 bits per heavy atom. The SMILES string of the molecule is O=C(CC1(O)CCCC1)Nc1cccc(NC(=O)c2ccoc2)c1. The first-order chi connectivity index (χ1) is 11.5. The van der Waals surface area contributed by atoms with E-state index >= 15 is 0 Å². The Hall–Kier alpha value is -2.60. The van der Waals surface area contributed by atoms with Gasteiger partial charge in [0.05, 0.1) is 23.8 Å². The van der Waals surface area contributed by atoms with Crippen LogP contribution in [0.15, 0.2) is 47.3 Å². The van der Waals surface area contributed by atoms with E-state index in [1.54, 1.807) is 30.3 Å². The van der Waals surface area contributed by atoms with Crippen molar-refractivity contribution < 1.29 is 19.1 Å². The molecule has 0 unspecified atom stereocenters. The van der Waals surface area contributed by atoms with Crippen LogP contribution in [0.25, 0.3) is 0 Å². The van der Waals surface area contributed by atoms with Crippen molar-refractivity contribution in [2.75, 3.05) is 10.6 Å². The Balaban J connectivity index is 1.60. The maximum absolute atomic E-state index is 12.1. The summed E-state index contributed by atoms with van der Waals surface area (Å²) in [7, 11) is 0. The molecule has 3 N–H and O–H groups in total. The van der Waals surface area contributed by atoms with Crippen molar-refractivity contribution >= 4 is 23.2 Å². The fraction of sp³-hybridized carbons (Fsp3) is 0.333. The third-order valence-electron chi connectivity index (χ3n) is 4.21. The average Bonchev–Trinajstić information content (AvgIpc) is 3.19. The van der Waals surface area contributed by atoms with E-state index in [4.69, 9.17) is 4.42 Å². The van der Waals surface area contributed by atoms with Crippen LogP contribution < -0.4 is 10.6 Å². The smallest absolute Gasteiger partial charge is 0.258 e. The number of carbonyl (C=O) groups is 2. The second kappa shape index (κ2) is 6.88. The first kappa shape index (κ1) is 16.3. The second-order valence-electron chi connectivity index (χ2n) is 6.20. The normalized spacial score (nSPS) is 15.9. The Morgan fingerprint density at radius 1 is 1.12 bits per heavy atom. The van der Waals surface area contributed by atoms with Crippen LogP contribution in [0, 0.1) is 0 Å². The lowest BCUT2D eigenvalue weighted by atomic mass is 9.97. The molecule has 126 valence electrons. The molecule has 1 fully saturated rings. The van der Waals surface area contributed by atoms with Crippen LogP contribution in [-0.4, -0.2) is 22.5 Å². The summed E-state index contributed by atoms with van der Waals surface area (Å²) in [4.78, 5) is 24.1. The molecule has 1 heterocycles. The van der Waals surface area contributed by atoms with Crippen LogP contribution in [0.3, 0.4) is 0 Å².